The molecule has 0 saturated carbocycles. The second kappa shape index (κ2) is 6.40. The van der Waals surface area contributed by atoms with Gasteiger partial charge in [0.15, 0.2) is 5.82 Å². The fraction of sp³-hybridized carbons (Fsp3) is 0.389. The van der Waals surface area contributed by atoms with Crippen molar-refractivity contribution < 1.29 is 18.7 Å². The van der Waals surface area contributed by atoms with Crippen molar-refractivity contribution in [1.82, 2.24) is 14.9 Å². The van der Waals surface area contributed by atoms with Crippen LogP contribution in [0.5, 0.6) is 5.88 Å². The van der Waals surface area contributed by atoms with Gasteiger partial charge in [-0.05, 0) is 24.3 Å². The summed E-state index contributed by atoms with van der Waals surface area (Å²) in [5.41, 5.74) is 0.209. The molecule has 130 valence electrons. The summed E-state index contributed by atoms with van der Waals surface area (Å²) >= 11 is 0. The zero-order valence-corrected chi connectivity index (χ0v) is 13.6. The first kappa shape index (κ1) is 16.0. The minimum absolute atomic E-state index is 0.0218. The van der Waals surface area contributed by atoms with Crippen LogP contribution < -0.4 is 4.74 Å². The van der Waals surface area contributed by atoms with Crippen LogP contribution in [0.1, 0.15) is 23.2 Å². The number of rotatable bonds is 3. The summed E-state index contributed by atoms with van der Waals surface area (Å²) < 4.78 is 25.3. The Morgan fingerprint density at radius 1 is 1.28 bits per heavy atom. The first-order valence-corrected chi connectivity index (χ1v) is 8.26. The molecule has 1 unspecified atom stereocenters. The monoisotopic (exact) mass is 343 g/mol. The molecule has 2 aliphatic rings. The van der Waals surface area contributed by atoms with E-state index in [9.17, 15) is 9.18 Å². The minimum atomic E-state index is -0.467. The molecule has 4 heterocycles. The maximum atomic E-state index is 13.7. The number of halogens is 1. The number of hydrogen-bond donors (Lipinski definition) is 0. The summed E-state index contributed by atoms with van der Waals surface area (Å²) in [6.45, 7) is 1.55. The first-order chi connectivity index (χ1) is 12.2. The highest BCUT2D eigenvalue weighted by Crippen LogP contribution is 2.36. The molecule has 2 aromatic rings. The van der Waals surface area contributed by atoms with Crippen LogP contribution in [-0.2, 0) is 4.74 Å². The lowest BCUT2D eigenvalue weighted by molar-refractivity contribution is -0.174. The Morgan fingerprint density at radius 3 is 2.84 bits per heavy atom. The third-order valence-electron chi connectivity index (χ3n) is 4.62. The van der Waals surface area contributed by atoms with Gasteiger partial charge in [-0.3, -0.25) is 9.78 Å². The average Bonchev–Trinajstić information content (AvgIpc) is 2.62. The molecule has 25 heavy (non-hydrogen) atoms. The third-order valence-corrected chi connectivity index (χ3v) is 4.62. The number of carbonyl (C=O) groups excluding carboxylic acids is 1. The number of aromatic nitrogens is 2. The molecule has 6 nitrogen and oxygen atoms in total. The molecule has 2 aliphatic heterocycles. The molecule has 0 aliphatic carbocycles. The van der Waals surface area contributed by atoms with Gasteiger partial charge >= 0.3 is 0 Å². The van der Waals surface area contributed by atoms with Crippen LogP contribution in [0.2, 0.25) is 0 Å². The van der Waals surface area contributed by atoms with Gasteiger partial charge in [-0.25, -0.2) is 9.37 Å². The fourth-order valence-corrected chi connectivity index (χ4v) is 3.39. The van der Waals surface area contributed by atoms with Crippen LogP contribution in [0, 0.1) is 5.82 Å². The minimum Gasteiger partial charge on any atom is -0.472 e. The van der Waals surface area contributed by atoms with E-state index in [-0.39, 0.29) is 17.9 Å². The highest BCUT2D eigenvalue weighted by molar-refractivity contribution is 5.94. The predicted molar refractivity (Wildman–Crippen MR) is 86.7 cm³/mol. The maximum Gasteiger partial charge on any atom is 0.254 e. The highest BCUT2D eigenvalue weighted by atomic mass is 19.1. The van der Waals surface area contributed by atoms with Crippen LogP contribution in [0.4, 0.5) is 4.39 Å². The number of likely N-dealkylation sites (tertiary alicyclic amines) is 1. The molecular weight excluding hydrogens is 325 g/mol. The van der Waals surface area contributed by atoms with E-state index < -0.39 is 11.4 Å². The van der Waals surface area contributed by atoms with E-state index in [0.717, 1.165) is 0 Å². The Labute approximate surface area is 144 Å². The van der Waals surface area contributed by atoms with E-state index in [0.29, 0.717) is 38.1 Å². The Bertz CT molecular complexity index is 765. The van der Waals surface area contributed by atoms with Gasteiger partial charge in [-0.15, -0.1) is 0 Å². The Kier molecular flexibility index (Phi) is 4.09. The van der Waals surface area contributed by atoms with Crippen molar-refractivity contribution in [3.05, 3.63) is 54.2 Å². The predicted octanol–water partition coefficient (Wildman–Crippen LogP) is 2.07. The van der Waals surface area contributed by atoms with Crippen LogP contribution in [0.3, 0.4) is 0 Å². The van der Waals surface area contributed by atoms with Crippen LogP contribution in [0.25, 0.3) is 0 Å². The molecule has 0 aromatic carbocycles. The molecule has 7 heteroatoms. The summed E-state index contributed by atoms with van der Waals surface area (Å²) in [6.07, 6.45) is 5.83. The van der Waals surface area contributed by atoms with Gasteiger partial charge in [-0.2, -0.15) is 0 Å². The lowest BCUT2D eigenvalue weighted by Crippen LogP contribution is -2.67. The van der Waals surface area contributed by atoms with Crippen molar-refractivity contribution in [2.45, 2.75) is 24.5 Å². The van der Waals surface area contributed by atoms with Gasteiger partial charge in [0.2, 0.25) is 0 Å². The molecule has 1 atom stereocenters. The van der Waals surface area contributed by atoms with E-state index in [1.165, 1.54) is 18.3 Å². The zero-order chi connectivity index (χ0) is 17.3. The maximum absolute atomic E-state index is 13.7. The highest BCUT2D eigenvalue weighted by Gasteiger charge is 2.50. The van der Waals surface area contributed by atoms with Crippen LogP contribution in [0.15, 0.2) is 42.9 Å². The Balaban J connectivity index is 1.38. The van der Waals surface area contributed by atoms with Gasteiger partial charge < -0.3 is 14.4 Å². The van der Waals surface area contributed by atoms with Crippen molar-refractivity contribution in [2.24, 2.45) is 0 Å². The SMILES string of the molecule is O=C(c1ccncc1)N1CC2(CC(Oc3ncccc3F)CCO2)C1. The summed E-state index contributed by atoms with van der Waals surface area (Å²) in [6, 6.07) is 6.26. The molecule has 2 aromatic heterocycles. The van der Waals surface area contributed by atoms with Gasteiger partial charge in [0.1, 0.15) is 11.7 Å². The summed E-state index contributed by atoms with van der Waals surface area (Å²) in [7, 11) is 0. The van der Waals surface area contributed by atoms with Crippen molar-refractivity contribution in [3.63, 3.8) is 0 Å². The van der Waals surface area contributed by atoms with Crippen molar-refractivity contribution in [2.75, 3.05) is 19.7 Å². The molecular formula is C18H18FN3O3. The van der Waals surface area contributed by atoms with E-state index in [1.807, 2.05) is 0 Å². The van der Waals surface area contributed by atoms with Gasteiger partial charge in [0.05, 0.1) is 19.7 Å². The molecule has 0 radical (unpaired) electrons. The van der Waals surface area contributed by atoms with Gasteiger partial charge in [-0.1, -0.05) is 0 Å². The largest absolute Gasteiger partial charge is 0.472 e. The standard InChI is InChI=1S/C18H18FN3O3/c19-15-2-1-6-21-16(15)25-14-5-9-24-18(10-14)11-22(12-18)17(23)13-3-7-20-8-4-13/h1-4,6-8,14H,5,9-12H2. The number of ether oxygens (including phenoxy) is 2. The number of pyridine rings is 2. The molecule has 1 amide bonds. The van der Waals surface area contributed by atoms with Crippen LogP contribution in [-0.4, -0.2) is 52.2 Å². The smallest absolute Gasteiger partial charge is 0.254 e. The second-order valence-corrected chi connectivity index (χ2v) is 6.45. The number of amides is 1. The zero-order valence-electron chi connectivity index (χ0n) is 13.6. The van der Waals surface area contributed by atoms with E-state index in [4.69, 9.17) is 9.47 Å². The van der Waals surface area contributed by atoms with E-state index in [2.05, 4.69) is 9.97 Å². The number of carbonyl (C=O) groups is 1. The van der Waals surface area contributed by atoms with Crippen molar-refractivity contribution in [3.8, 4) is 5.88 Å². The van der Waals surface area contributed by atoms with Crippen LogP contribution >= 0.6 is 0 Å². The summed E-state index contributed by atoms with van der Waals surface area (Å²) in [5.74, 6) is -0.477. The molecule has 2 fully saturated rings. The number of hydrogen-bond acceptors (Lipinski definition) is 5. The summed E-state index contributed by atoms with van der Waals surface area (Å²) in [4.78, 5) is 22.0. The quantitative estimate of drug-likeness (QED) is 0.854. The number of nitrogens with zero attached hydrogens (tertiary/aromatic N) is 3. The third kappa shape index (κ3) is 3.19. The lowest BCUT2D eigenvalue weighted by atomic mass is 9.84. The molecule has 1 spiro atoms. The molecule has 2 saturated heterocycles. The fourth-order valence-electron chi connectivity index (χ4n) is 3.39. The topological polar surface area (TPSA) is 64.6 Å². The van der Waals surface area contributed by atoms with E-state index in [1.54, 1.807) is 29.4 Å². The van der Waals surface area contributed by atoms with Crippen molar-refractivity contribution >= 4 is 5.91 Å². The summed E-state index contributed by atoms with van der Waals surface area (Å²) in [5, 5.41) is 0. The average molecular weight is 343 g/mol. The Morgan fingerprint density at radius 2 is 2.08 bits per heavy atom. The van der Waals surface area contributed by atoms with Gasteiger partial charge in [0.25, 0.3) is 11.8 Å². The molecule has 0 N–H and O–H groups in total. The molecule has 0 bridgehead atoms. The molecule has 4 rings (SSSR count). The second-order valence-electron chi connectivity index (χ2n) is 6.45. The van der Waals surface area contributed by atoms with E-state index >= 15 is 0 Å². The first-order valence-electron chi connectivity index (χ1n) is 8.26. The lowest BCUT2D eigenvalue weighted by Gasteiger charge is -2.52. The van der Waals surface area contributed by atoms with Crippen molar-refractivity contribution in [1.29, 1.82) is 0 Å². The van der Waals surface area contributed by atoms with Gasteiger partial charge in [0, 0.05) is 37.0 Å². The Hall–Kier alpha value is -2.54. The normalized spacial score (nSPS) is 21.6.